The van der Waals surface area contributed by atoms with E-state index in [-0.39, 0.29) is 5.75 Å². The Kier molecular flexibility index (Phi) is 4.87. The van der Waals surface area contributed by atoms with Crippen LogP contribution in [0.5, 0.6) is 0 Å². The number of hydrogen-bond acceptors (Lipinski definition) is 3. The van der Waals surface area contributed by atoms with Gasteiger partial charge in [0.25, 0.3) is 0 Å². The van der Waals surface area contributed by atoms with Crippen molar-refractivity contribution in [1.29, 1.82) is 0 Å². The summed E-state index contributed by atoms with van der Waals surface area (Å²) in [6.07, 6.45) is 2.19. The van der Waals surface area contributed by atoms with E-state index < -0.39 is 10.0 Å². The molecule has 2 rings (SSSR count). The highest BCUT2D eigenvalue weighted by Crippen LogP contribution is 2.08. The van der Waals surface area contributed by atoms with Crippen molar-refractivity contribution in [3.8, 4) is 0 Å². The van der Waals surface area contributed by atoms with Crippen molar-refractivity contribution in [2.24, 2.45) is 0 Å². The number of nitrogens with zero attached hydrogens (tertiary/aromatic N) is 2. The summed E-state index contributed by atoms with van der Waals surface area (Å²) in [5.41, 5.74) is 1.78. The molecule has 0 bridgehead atoms. The first-order valence-corrected chi connectivity index (χ1v) is 8.07. The minimum absolute atomic E-state index is 0.111. The minimum Gasteiger partial charge on any atom is -0.260 e. The lowest BCUT2D eigenvalue weighted by atomic mass is 10.2. The number of sulfonamides is 1. The average molecular weight is 290 g/mol. The molecule has 0 fully saturated rings. The van der Waals surface area contributed by atoms with E-state index in [0.29, 0.717) is 13.0 Å². The van der Waals surface area contributed by atoms with Crippen molar-refractivity contribution in [3.63, 3.8) is 0 Å². The van der Waals surface area contributed by atoms with Crippen LogP contribution in [0.1, 0.15) is 11.3 Å². The maximum atomic E-state index is 12.2. The summed E-state index contributed by atoms with van der Waals surface area (Å²) < 4.78 is 25.8. The highest BCUT2D eigenvalue weighted by molar-refractivity contribution is 7.89. The predicted molar refractivity (Wildman–Crippen MR) is 79.6 cm³/mol. The van der Waals surface area contributed by atoms with Crippen LogP contribution in [0.2, 0.25) is 0 Å². The third-order valence-corrected chi connectivity index (χ3v) is 4.88. The van der Waals surface area contributed by atoms with Gasteiger partial charge in [0.05, 0.1) is 18.0 Å². The molecule has 0 unspecified atom stereocenters. The van der Waals surface area contributed by atoms with Crippen molar-refractivity contribution >= 4 is 10.0 Å². The number of aryl methyl sites for hydroxylation is 1. The van der Waals surface area contributed by atoms with Gasteiger partial charge in [0.15, 0.2) is 0 Å². The van der Waals surface area contributed by atoms with E-state index in [4.69, 9.17) is 0 Å². The van der Waals surface area contributed by atoms with Gasteiger partial charge >= 0.3 is 0 Å². The quantitative estimate of drug-likeness (QED) is 0.818. The minimum atomic E-state index is -3.26. The van der Waals surface area contributed by atoms with E-state index in [9.17, 15) is 8.42 Å². The topological polar surface area (TPSA) is 50.3 Å². The first-order chi connectivity index (χ1) is 9.58. The van der Waals surface area contributed by atoms with Crippen LogP contribution in [0.4, 0.5) is 0 Å². The first kappa shape index (κ1) is 14.7. The van der Waals surface area contributed by atoms with Gasteiger partial charge in [0.1, 0.15) is 0 Å². The summed E-state index contributed by atoms with van der Waals surface area (Å²) in [5.74, 6) is 0.111. The second kappa shape index (κ2) is 6.63. The van der Waals surface area contributed by atoms with Gasteiger partial charge in [-0.2, -0.15) is 4.31 Å². The molecule has 0 saturated heterocycles. The monoisotopic (exact) mass is 290 g/mol. The van der Waals surface area contributed by atoms with Crippen LogP contribution in [0.15, 0.2) is 54.7 Å². The molecule has 0 aliphatic carbocycles. The van der Waals surface area contributed by atoms with Crippen LogP contribution >= 0.6 is 0 Å². The molecule has 0 N–H and O–H groups in total. The zero-order valence-corrected chi connectivity index (χ0v) is 12.3. The molecule has 4 nitrogen and oxygen atoms in total. The number of hydrogen-bond donors (Lipinski definition) is 0. The molecule has 1 aromatic heterocycles. The molecule has 1 heterocycles. The van der Waals surface area contributed by atoms with Crippen molar-refractivity contribution in [1.82, 2.24) is 9.29 Å². The largest absolute Gasteiger partial charge is 0.260 e. The molecule has 0 spiro atoms. The molecule has 5 heteroatoms. The summed E-state index contributed by atoms with van der Waals surface area (Å²) in [5, 5.41) is 0. The van der Waals surface area contributed by atoms with Crippen LogP contribution in [0, 0.1) is 0 Å². The molecule has 0 atom stereocenters. The highest BCUT2D eigenvalue weighted by atomic mass is 32.2. The number of aromatic nitrogens is 1. The summed E-state index contributed by atoms with van der Waals surface area (Å²) in [4.78, 5) is 4.14. The van der Waals surface area contributed by atoms with E-state index in [1.807, 2.05) is 48.5 Å². The Bertz CT molecular complexity index is 627. The van der Waals surface area contributed by atoms with Crippen LogP contribution in [-0.4, -0.2) is 30.5 Å². The Balaban J connectivity index is 1.96. The fourth-order valence-corrected chi connectivity index (χ4v) is 3.00. The summed E-state index contributed by atoms with van der Waals surface area (Å²) in [6.45, 7) is 0.304. The van der Waals surface area contributed by atoms with Gasteiger partial charge < -0.3 is 0 Å². The Hall–Kier alpha value is -1.72. The van der Waals surface area contributed by atoms with Crippen molar-refractivity contribution in [2.75, 3.05) is 12.8 Å². The molecule has 0 aliphatic heterocycles. The summed E-state index contributed by atoms with van der Waals surface area (Å²) >= 11 is 0. The first-order valence-electron chi connectivity index (χ1n) is 6.46. The SMILES string of the molecule is CN(Cc1ccccn1)S(=O)(=O)CCc1ccccc1. The lowest BCUT2D eigenvalue weighted by Gasteiger charge is -2.16. The molecule has 106 valence electrons. The molecule has 20 heavy (non-hydrogen) atoms. The highest BCUT2D eigenvalue weighted by Gasteiger charge is 2.18. The predicted octanol–water partition coefficient (Wildman–Crippen LogP) is 2.09. The molecule has 0 aliphatic rings. The van der Waals surface area contributed by atoms with E-state index >= 15 is 0 Å². The zero-order valence-electron chi connectivity index (χ0n) is 11.4. The van der Waals surface area contributed by atoms with Gasteiger partial charge in [-0.25, -0.2) is 8.42 Å². The Morgan fingerprint density at radius 2 is 1.75 bits per heavy atom. The molecule has 2 aromatic rings. The molecule has 1 aromatic carbocycles. The van der Waals surface area contributed by atoms with E-state index in [1.165, 1.54) is 4.31 Å². The van der Waals surface area contributed by atoms with Gasteiger partial charge in [-0.1, -0.05) is 36.4 Å². The lowest BCUT2D eigenvalue weighted by molar-refractivity contribution is 0.462. The molecule has 0 saturated carbocycles. The molecule has 0 radical (unpaired) electrons. The average Bonchev–Trinajstić information content (AvgIpc) is 2.47. The second-order valence-electron chi connectivity index (χ2n) is 4.63. The molecular formula is C15H18N2O2S. The third kappa shape index (κ3) is 4.15. The molecular weight excluding hydrogens is 272 g/mol. The van der Waals surface area contributed by atoms with Crippen LogP contribution < -0.4 is 0 Å². The van der Waals surface area contributed by atoms with Crippen LogP contribution in [0.25, 0.3) is 0 Å². The number of rotatable bonds is 6. The van der Waals surface area contributed by atoms with Crippen molar-refractivity contribution < 1.29 is 8.42 Å². The van der Waals surface area contributed by atoms with Gasteiger partial charge in [-0.05, 0) is 24.1 Å². The van der Waals surface area contributed by atoms with E-state index in [0.717, 1.165) is 11.3 Å². The molecule has 0 amide bonds. The number of pyridine rings is 1. The van der Waals surface area contributed by atoms with Gasteiger partial charge in [0.2, 0.25) is 10.0 Å². The Morgan fingerprint density at radius 3 is 2.40 bits per heavy atom. The fourth-order valence-electron chi connectivity index (χ4n) is 1.87. The summed E-state index contributed by atoms with van der Waals surface area (Å²) in [6, 6.07) is 15.1. The van der Waals surface area contributed by atoms with E-state index in [1.54, 1.807) is 13.2 Å². The fraction of sp³-hybridized carbons (Fsp3) is 0.267. The Morgan fingerprint density at radius 1 is 1.05 bits per heavy atom. The number of benzene rings is 1. The Labute approximate surface area is 120 Å². The van der Waals surface area contributed by atoms with Gasteiger partial charge in [-0.15, -0.1) is 0 Å². The van der Waals surface area contributed by atoms with Crippen LogP contribution in [0.3, 0.4) is 0 Å². The van der Waals surface area contributed by atoms with Gasteiger partial charge in [-0.3, -0.25) is 4.98 Å². The van der Waals surface area contributed by atoms with Crippen molar-refractivity contribution in [2.45, 2.75) is 13.0 Å². The summed E-state index contributed by atoms with van der Waals surface area (Å²) in [7, 11) is -1.67. The maximum Gasteiger partial charge on any atom is 0.214 e. The normalized spacial score (nSPS) is 11.7. The van der Waals surface area contributed by atoms with Crippen LogP contribution in [-0.2, 0) is 23.0 Å². The lowest BCUT2D eigenvalue weighted by Crippen LogP contribution is -2.29. The van der Waals surface area contributed by atoms with Crippen molar-refractivity contribution in [3.05, 3.63) is 66.0 Å². The third-order valence-electron chi connectivity index (χ3n) is 3.08. The maximum absolute atomic E-state index is 12.2. The van der Waals surface area contributed by atoms with E-state index in [2.05, 4.69) is 4.98 Å². The smallest absolute Gasteiger partial charge is 0.214 e. The standard InChI is InChI=1S/C15H18N2O2S/c1-17(13-15-9-5-6-11-16-15)20(18,19)12-10-14-7-3-2-4-8-14/h2-9,11H,10,12-13H2,1H3. The second-order valence-corrected chi connectivity index (χ2v) is 6.82. The van der Waals surface area contributed by atoms with Gasteiger partial charge in [0, 0.05) is 13.2 Å². The zero-order chi connectivity index (χ0) is 14.4.